The van der Waals surface area contributed by atoms with E-state index < -0.39 is 11.9 Å². The quantitative estimate of drug-likeness (QED) is 0.423. The van der Waals surface area contributed by atoms with Gasteiger partial charge in [-0.2, -0.15) is 0 Å². The zero-order valence-corrected chi connectivity index (χ0v) is 17.9. The van der Waals surface area contributed by atoms with E-state index in [4.69, 9.17) is 14.2 Å². The molecule has 2 rings (SSSR count). The van der Waals surface area contributed by atoms with Crippen molar-refractivity contribution in [3.8, 4) is 11.5 Å². The summed E-state index contributed by atoms with van der Waals surface area (Å²) in [6.07, 6.45) is 0. The molecular formula is C19H20BrNO6S. The first-order chi connectivity index (χ1) is 13.4. The average molecular weight is 470 g/mol. The van der Waals surface area contributed by atoms with Crippen LogP contribution in [0, 0.1) is 0 Å². The van der Waals surface area contributed by atoms with Crippen LogP contribution in [0.25, 0.3) is 0 Å². The number of rotatable bonds is 10. The van der Waals surface area contributed by atoms with Crippen LogP contribution in [-0.4, -0.2) is 44.0 Å². The second-order valence-corrected chi connectivity index (χ2v) is 7.86. The molecule has 0 bridgehead atoms. The van der Waals surface area contributed by atoms with E-state index >= 15 is 0 Å². The van der Waals surface area contributed by atoms with Crippen LogP contribution in [0.15, 0.2) is 34.1 Å². The minimum atomic E-state index is -0.701. The third kappa shape index (κ3) is 6.35. The summed E-state index contributed by atoms with van der Waals surface area (Å²) >= 11 is 4.52. The summed E-state index contributed by atoms with van der Waals surface area (Å²) in [4.78, 5) is 36.4. The number of ketones is 1. The maximum absolute atomic E-state index is 12.3. The number of halogens is 1. The van der Waals surface area contributed by atoms with Gasteiger partial charge in [-0.1, -0.05) is 0 Å². The van der Waals surface area contributed by atoms with Crippen LogP contribution in [0.1, 0.15) is 33.9 Å². The Morgan fingerprint density at radius 2 is 1.75 bits per heavy atom. The molecule has 0 atom stereocenters. The Morgan fingerprint density at radius 1 is 1.04 bits per heavy atom. The van der Waals surface area contributed by atoms with Gasteiger partial charge in [-0.05, 0) is 60.1 Å². The monoisotopic (exact) mass is 469 g/mol. The molecule has 0 radical (unpaired) electrons. The van der Waals surface area contributed by atoms with Crippen molar-refractivity contribution in [1.82, 2.24) is 5.32 Å². The molecule has 0 saturated heterocycles. The van der Waals surface area contributed by atoms with Crippen molar-refractivity contribution in [2.75, 3.05) is 26.4 Å². The van der Waals surface area contributed by atoms with Gasteiger partial charge in [0, 0.05) is 5.56 Å². The topological polar surface area (TPSA) is 90.9 Å². The normalized spacial score (nSPS) is 10.2. The molecule has 1 aromatic carbocycles. The number of hydrogen-bond donors (Lipinski definition) is 1. The number of hydrogen-bond acceptors (Lipinski definition) is 7. The van der Waals surface area contributed by atoms with Crippen molar-refractivity contribution in [1.29, 1.82) is 0 Å². The van der Waals surface area contributed by atoms with Crippen LogP contribution in [0.3, 0.4) is 0 Å². The second kappa shape index (κ2) is 10.8. The summed E-state index contributed by atoms with van der Waals surface area (Å²) in [6.45, 7) is 3.85. The van der Waals surface area contributed by atoms with E-state index in [-0.39, 0.29) is 18.9 Å². The van der Waals surface area contributed by atoms with Gasteiger partial charge in [-0.15, -0.1) is 11.3 Å². The van der Waals surface area contributed by atoms with E-state index in [1.54, 1.807) is 30.3 Å². The minimum Gasteiger partial charge on any atom is -0.490 e. The summed E-state index contributed by atoms with van der Waals surface area (Å²) in [6, 6.07) is 8.15. The Bertz CT molecular complexity index is 851. The molecule has 1 heterocycles. The highest BCUT2D eigenvalue weighted by molar-refractivity contribution is 9.11. The van der Waals surface area contributed by atoms with Crippen molar-refractivity contribution in [2.45, 2.75) is 13.8 Å². The number of carbonyl (C=O) groups is 3. The smallest absolute Gasteiger partial charge is 0.325 e. The zero-order chi connectivity index (χ0) is 20.5. The zero-order valence-electron chi connectivity index (χ0n) is 15.5. The fourth-order valence-electron chi connectivity index (χ4n) is 2.18. The molecule has 1 N–H and O–H groups in total. The van der Waals surface area contributed by atoms with Crippen LogP contribution in [0.4, 0.5) is 0 Å². The third-order valence-corrected chi connectivity index (χ3v) is 5.08. The predicted octanol–water partition coefficient (Wildman–Crippen LogP) is 3.46. The van der Waals surface area contributed by atoms with E-state index in [0.717, 1.165) is 3.79 Å². The number of benzene rings is 1. The van der Waals surface area contributed by atoms with Crippen LogP contribution in [0.2, 0.25) is 0 Å². The summed E-state index contributed by atoms with van der Waals surface area (Å²) in [5, 5.41) is 2.46. The Labute approximate surface area is 175 Å². The van der Waals surface area contributed by atoms with Gasteiger partial charge in [0.05, 0.1) is 21.9 Å². The molecule has 28 heavy (non-hydrogen) atoms. The molecule has 0 fully saturated rings. The summed E-state index contributed by atoms with van der Waals surface area (Å²) < 4.78 is 16.7. The lowest BCUT2D eigenvalue weighted by atomic mass is 10.2. The Balaban J connectivity index is 1.86. The molecule has 1 amide bonds. The number of carbonyl (C=O) groups excluding carboxylic acids is 3. The number of amides is 1. The number of Topliss-reactive ketones (excluding diaryl/α,β-unsaturated/α-hetero) is 1. The molecule has 7 nitrogen and oxygen atoms in total. The number of thiophene rings is 1. The van der Waals surface area contributed by atoms with Crippen LogP contribution in [-0.2, 0) is 9.53 Å². The summed E-state index contributed by atoms with van der Waals surface area (Å²) in [5.74, 6) is -0.475. The van der Waals surface area contributed by atoms with Crippen molar-refractivity contribution in [3.63, 3.8) is 0 Å². The minimum absolute atomic E-state index is 0.303. The Hall–Kier alpha value is -2.39. The number of ether oxygens (including phenoxy) is 3. The molecule has 9 heteroatoms. The second-order valence-electron chi connectivity index (χ2n) is 5.40. The first kappa shape index (κ1) is 21.9. The molecule has 0 spiro atoms. The summed E-state index contributed by atoms with van der Waals surface area (Å²) in [7, 11) is 0. The predicted molar refractivity (Wildman–Crippen MR) is 108 cm³/mol. The molecule has 1 aromatic heterocycles. The van der Waals surface area contributed by atoms with Gasteiger partial charge < -0.3 is 19.5 Å². The molecule has 0 aliphatic carbocycles. The summed E-state index contributed by atoms with van der Waals surface area (Å²) in [5.41, 5.74) is 0.319. The highest BCUT2D eigenvalue weighted by Crippen LogP contribution is 2.28. The molecule has 0 unspecified atom stereocenters. The fraction of sp³-hybridized carbons (Fsp3) is 0.316. The van der Waals surface area contributed by atoms with Crippen molar-refractivity contribution < 1.29 is 28.6 Å². The molecule has 0 saturated carbocycles. The maximum atomic E-state index is 12.3. The molecule has 0 aliphatic heterocycles. The fourth-order valence-corrected chi connectivity index (χ4v) is 3.49. The lowest BCUT2D eigenvalue weighted by Crippen LogP contribution is -2.31. The molecule has 150 valence electrons. The van der Waals surface area contributed by atoms with Gasteiger partial charge >= 0.3 is 5.97 Å². The van der Waals surface area contributed by atoms with E-state index in [1.807, 2.05) is 13.8 Å². The molecule has 0 aliphatic rings. The van der Waals surface area contributed by atoms with Gasteiger partial charge in [-0.25, -0.2) is 0 Å². The largest absolute Gasteiger partial charge is 0.490 e. The SMILES string of the molecule is CCOc1ccc(C(=O)NCC(=O)OCC(=O)c2ccc(Br)s2)cc1OCC. The van der Waals surface area contributed by atoms with Crippen molar-refractivity contribution in [3.05, 3.63) is 44.6 Å². The van der Waals surface area contributed by atoms with Crippen LogP contribution in [0.5, 0.6) is 11.5 Å². The van der Waals surface area contributed by atoms with Gasteiger partial charge in [0.25, 0.3) is 5.91 Å². The van der Waals surface area contributed by atoms with Gasteiger partial charge in [0.1, 0.15) is 6.54 Å². The van der Waals surface area contributed by atoms with Gasteiger partial charge in [0.15, 0.2) is 18.1 Å². The van der Waals surface area contributed by atoms with Crippen molar-refractivity contribution >= 4 is 44.9 Å². The van der Waals surface area contributed by atoms with Gasteiger partial charge in [-0.3, -0.25) is 14.4 Å². The molecule has 2 aromatic rings. The van der Waals surface area contributed by atoms with Crippen molar-refractivity contribution in [2.24, 2.45) is 0 Å². The molecular weight excluding hydrogens is 450 g/mol. The maximum Gasteiger partial charge on any atom is 0.325 e. The Morgan fingerprint density at radius 3 is 2.39 bits per heavy atom. The third-order valence-electron chi connectivity index (χ3n) is 3.41. The lowest BCUT2D eigenvalue weighted by Gasteiger charge is -2.12. The number of nitrogens with one attached hydrogen (secondary N) is 1. The number of esters is 1. The van der Waals surface area contributed by atoms with Gasteiger partial charge in [0.2, 0.25) is 5.78 Å². The van der Waals surface area contributed by atoms with E-state index in [2.05, 4.69) is 21.2 Å². The Kier molecular flexibility index (Phi) is 8.46. The highest BCUT2D eigenvalue weighted by Gasteiger charge is 2.15. The van der Waals surface area contributed by atoms with E-state index in [9.17, 15) is 14.4 Å². The average Bonchev–Trinajstić information content (AvgIpc) is 3.12. The standard InChI is InChI=1S/C19H20BrNO6S/c1-3-25-14-6-5-12(9-15(14)26-4-2)19(24)21-10-18(23)27-11-13(22)16-7-8-17(20)28-16/h5-9H,3-4,10-11H2,1-2H3,(H,21,24). The van der Waals surface area contributed by atoms with Crippen LogP contribution >= 0.6 is 27.3 Å². The van der Waals surface area contributed by atoms with E-state index in [1.165, 1.54) is 11.3 Å². The van der Waals surface area contributed by atoms with Crippen LogP contribution < -0.4 is 14.8 Å². The first-order valence-corrected chi connectivity index (χ1v) is 10.2. The highest BCUT2D eigenvalue weighted by atomic mass is 79.9. The lowest BCUT2D eigenvalue weighted by molar-refractivity contribution is -0.141. The van der Waals surface area contributed by atoms with E-state index in [0.29, 0.717) is 35.2 Å². The first-order valence-electron chi connectivity index (χ1n) is 8.56.